The maximum Gasteiger partial charge on any atom is 0.0253 e. The highest BCUT2D eigenvalue weighted by Crippen LogP contribution is 2.19. The highest BCUT2D eigenvalue weighted by molar-refractivity contribution is 7.98. The SMILES string of the molecule is CSCC(C)N1CC(C)(C)NCC1C. The van der Waals surface area contributed by atoms with Crippen LogP contribution in [-0.2, 0) is 0 Å². The fourth-order valence-corrected chi connectivity index (χ4v) is 2.81. The van der Waals surface area contributed by atoms with Gasteiger partial charge >= 0.3 is 0 Å². The summed E-state index contributed by atoms with van der Waals surface area (Å²) in [5.41, 5.74) is 0.277. The highest BCUT2D eigenvalue weighted by Gasteiger charge is 2.32. The summed E-state index contributed by atoms with van der Waals surface area (Å²) in [6, 6.07) is 1.37. The van der Waals surface area contributed by atoms with Crippen molar-refractivity contribution >= 4 is 11.8 Å². The van der Waals surface area contributed by atoms with Crippen LogP contribution in [-0.4, -0.2) is 47.6 Å². The van der Waals surface area contributed by atoms with Crippen LogP contribution in [0.3, 0.4) is 0 Å². The second-order valence-corrected chi connectivity index (χ2v) is 6.00. The molecule has 0 aromatic rings. The molecule has 3 heteroatoms. The van der Waals surface area contributed by atoms with Gasteiger partial charge in [0.15, 0.2) is 0 Å². The molecule has 0 spiro atoms. The summed E-state index contributed by atoms with van der Waals surface area (Å²) in [6.07, 6.45) is 2.19. The van der Waals surface area contributed by atoms with Crippen molar-refractivity contribution in [2.75, 3.05) is 25.1 Å². The zero-order chi connectivity index (χ0) is 10.8. The van der Waals surface area contributed by atoms with Gasteiger partial charge in [-0.15, -0.1) is 0 Å². The zero-order valence-corrected chi connectivity index (χ0v) is 10.9. The van der Waals surface area contributed by atoms with Crippen LogP contribution in [0, 0.1) is 0 Å². The minimum Gasteiger partial charge on any atom is -0.309 e. The van der Waals surface area contributed by atoms with Crippen molar-refractivity contribution in [3.63, 3.8) is 0 Å². The van der Waals surface area contributed by atoms with Crippen molar-refractivity contribution in [3.8, 4) is 0 Å². The van der Waals surface area contributed by atoms with Gasteiger partial charge in [-0.25, -0.2) is 0 Å². The van der Waals surface area contributed by atoms with Gasteiger partial charge in [0, 0.05) is 36.5 Å². The Kier molecular flexibility index (Phi) is 4.29. The summed E-state index contributed by atoms with van der Waals surface area (Å²) in [7, 11) is 0. The first-order chi connectivity index (χ1) is 6.46. The molecule has 2 nitrogen and oxygen atoms in total. The lowest BCUT2D eigenvalue weighted by atomic mass is 9.98. The summed E-state index contributed by atoms with van der Waals surface area (Å²) in [4.78, 5) is 2.63. The molecular formula is C11H24N2S. The number of thioether (sulfide) groups is 1. The first-order valence-corrected chi connectivity index (χ1v) is 6.85. The van der Waals surface area contributed by atoms with Crippen molar-refractivity contribution < 1.29 is 0 Å². The molecule has 84 valence electrons. The van der Waals surface area contributed by atoms with Crippen LogP contribution in [0.5, 0.6) is 0 Å². The van der Waals surface area contributed by atoms with Gasteiger partial charge in [0.25, 0.3) is 0 Å². The molecule has 1 aliphatic heterocycles. The summed E-state index contributed by atoms with van der Waals surface area (Å²) in [6.45, 7) is 11.5. The molecule has 1 saturated heterocycles. The Morgan fingerprint density at radius 1 is 1.57 bits per heavy atom. The second kappa shape index (κ2) is 4.86. The summed E-state index contributed by atoms with van der Waals surface area (Å²) in [5.74, 6) is 1.24. The second-order valence-electron chi connectivity index (χ2n) is 5.09. The van der Waals surface area contributed by atoms with Crippen molar-refractivity contribution in [1.82, 2.24) is 10.2 Å². The molecule has 0 aromatic carbocycles. The standard InChI is InChI=1S/C11H24N2S/c1-9-6-12-11(3,4)8-13(9)10(2)7-14-5/h9-10,12H,6-8H2,1-5H3. The van der Waals surface area contributed by atoms with Crippen LogP contribution in [0.15, 0.2) is 0 Å². The fraction of sp³-hybridized carbons (Fsp3) is 1.00. The first kappa shape index (κ1) is 12.3. The molecule has 1 aliphatic rings. The lowest BCUT2D eigenvalue weighted by molar-refractivity contribution is 0.0779. The molecule has 1 heterocycles. The molecule has 0 aliphatic carbocycles. The molecule has 1 fully saturated rings. The van der Waals surface area contributed by atoms with Crippen LogP contribution in [0.25, 0.3) is 0 Å². The topological polar surface area (TPSA) is 15.3 Å². The molecule has 0 aromatic heterocycles. The number of nitrogens with one attached hydrogen (secondary N) is 1. The molecule has 1 N–H and O–H groups in total. The average molecular weight is 216 g/mol. The Bertz CT molecular complexity index is 182. The van der Waals surface area contributed by atoms with Crippen LogP contribution < -0.4 is 5.32 Å². The Hall–Kier alpha value is 0.270. The zero-order valence-electron chi connectivity index (χ0n) is 10.1. The molecule has 0 saturated carbocycles. The Morgan fingerprint density at radius 3 is 2.79 bits per heavy atom. The van der Waals surface area contributed by atoms with E-state index in [4.69, 9.17) is 0 Å². The van der Waals surface area contributed by atoms with Gasteiger partial charge in [0.2, 0.25) is 0 Å². The van der Waals surface area contributed by atoms with E-state index < -0.39 is 0 Å². The van der Waals surface area contributed by atoms with Gasteiger partial charge in [-0.1, -0.05) is 0 Å². The minimum atomic E-state index is 0.277. The fourth-order valence-electron chi connectivity index (χ4n) is 2.14. The van der Waals surface area contributed by atoms with E-state index in [-0.39, 0.29) is 5.54 Å². The molecule has 2 atom stereocenters. The molecule has 0 amide bonds. The van der Waals surface area contributed by atoms with E-state index in [1.807, 2.05) is 11.8 Å². The van der Waals surface area contributed by atoms with Gasteiger partial charge in [-0.2, -0.15) is 11.8 Å². The van der Waals surface area contributed by atoms with Gasteiger partial charge < -0.3 is 5.32 Å². The number of hydrogen-bond acceptors (Lipinski definition) is 3. The highest BCUT2D eigenvalue weighted by atomic mass is 32.2. The Morgan fingerprint density at radius 2 is 2.21 bits per heavy atom. The van der Waals surface area contributed by atoms with Crippen LogP contribution in [0.2, 0.25) is 0 Å². The van der Waals surface area contributed by atoms with E-state index in [1.165, 1.54) is 5.75 Å². The third-order valence-corrected chi connectivity index (χ3v) is 3.81. The minimum absolute atomic E-state index is 0.277. The van der Waals surface area contributed by atoms with Gasteiger partial charge in [0.05, 0.1) is 0 Å². The van der Waals surface area contributed by atoms with Gasteiger partial charge in [-0.3, -0.25) is 4.90 Å². The number of nitrogens with zero attached hydrogens (tertiary/aromatic N) is 1. The molecule has 2 unspecified atom stereocenters. The van der Waals surface area contributed by atoms with E-state index in [9.17, 15) is 0 Å². The molecule has 0 bridgehead atoms. The van der Waals surface area contributed by atoms with E-state index in [0.717, 1.165) is 13.1 Å². The third-order valence-electron chi connectivity index (χ3n) is 2.99. The van der Waals surface area contributed by atoms with Crippen molar-refractivity contribution in [2.45, 2.75) is 45.3 Å². The van der Waals surface area contributed by atoms with E-state index in [0.29, 0.717) is 12.1 Å². The van der Waals surface area contributed by atoms with Crippen molar-refractivity contribution in [3.05, 3.63) is 0 Å². The number of hydrogen-bond donors (Lipinski definition) is 1. The summed E-state index contributed by atoms with van der Waals surface area (Å²) in [5, 5.41) is 3.59. The maximum atomic E-state index is 3.59. The van der Waals surface area contributed by atoms with Crippen LogP contribution >= 0.6 is 11.8 Å². The monoisotopic (exact) mass is 216 g/mol. The summed E-state index contributed by atoms with van der Waals surface area (Å²) < 4.78 is 0. The third kappa shape index (κ3) is 3.14. The Balaban J connectivity index is 2.56. The van der Waals surface area contributed by atoms with Crippen LogP contribution in [0.1, 0.15) is 27.7 Å². The normalized spacial score (nSPS) is 30.2. The maximum absolute atomic E-state index is 3.59. The number of rotatable bonds is 3. The van der Waals surface area contributed by atoms with Gasteiger partial charge in [-0.05, 0) is 34.0 Å². The Labute approximate surface area is 92.8 Å². The van der Waals surface area contributed by atoms with Crippen LogP contribution in [0.4, 0.5) is 0 Å². The van der Waals surface area contributed by atoms with Gasteiger partial charge in [0.1, 0.15) is 0 Å². The van der Waals surface area contributed by atoms with E-state index in [1.54, 1.807) is 0 Å². The predicted octanol–water partition coefficient (Wildman–Crippen LogP) is 1.81. The molecule has 1 rings (SSSR count). The largest absolute Gasteiger partial charge is 0.309 e. The first-order valence-electron chi connectivity index (χ1n) is 5.46. The van der Waals surface area contributed by atoms with E-state index in [2.05, 4.69) is 44.2 Å². The average Bonchev–Trinajstić information content (AvgIpc) is 2.10. The molecule has 14 heavy (non-hydrogen) atoms. The van der Waals surface area contributed by atoms with E-state index >= 15 is 0 Å². The van der Waals surface area contributed by atoms with Crippen molar-refractivity contribution in [1.29, 1.82) is 0 Å². The molecule has 0 radical (unpaired) electrons. The lowest BCUT2D eigenvalue weighted by Crippen LogP contribution is -2.63. The van der Waals surface area contributed by atoms with Crippen molar-refractivity contribution in [2.24, 2.45) is 0 Å². The molecular weight excluding hydrogens is 192 g/mol. The quantitative estimate of drug-likeness (QED) is 0.774. The predicted molar refractivity (Wildman–Crippen MR) is 66.1 cm³/mol. The lowest BCUT2D eigenvalue weighted by Gasteiger charge is -2.46. The summed E-state index contributed by atoms with van der Waals surface area (Å²) >= 11 is 1.94. The smallest absolute Gasteiger partial charge is 0.0253 e. The number of piperazine rings is 1.